The third-order valence-electron chi connectivity index (χ3n) is 4.11. The molecule has 0 fully saturated rings. The van der Waals surface area contributed by atoms with Gasteiger partial charge in [0.15, 0.2) is 0 Å². The first kappa shape index (κ1) is 18.0. The van der Waals surface area contributed by atoms with Gasteiger partial charge in [-0.05, 0) is 0 Å². The van der Waals surface area contributed by atoms with Crippen LogP contribution in [0.1, 0.15) is 53.4 Å². The monoisotopic (exact) mass is 366 g/mol. The normalized spacial score (nSPS) is 13.1. The van der Waals surface area contributed by atoms with Gasteiger partial charge < -0.3 is 0 Å². The summed E-state index contributed by atoms with van der Waals surface area (Å²) < 4.78 is 6.90. The molecule has 0 spiro atoms. The second-order valence-corrected chi connectivity index (χ2v) is 25.8. The van der Waals surface area contributed by atoms with Crippen molar-refractivity contribution in [2.24, 2.45) is 0 Å². The Morgan fingerprint density at radius 3 is 1.41 bits per heavy atom. The van der Waals surface area contributed by atoms with Crippen LogP contribution in [0.2, 0.25) is 32.5 Å². The van der Waals surface area contributed by atoms with E-state index in [0.717, 1.165) is 0 Å². The molecule has 104 valence electrons. The van der Waals surface area contributed by atoms with Crippen molar-refractivity contribution in [3.8, 4) is 0 Å². The number of unbranched alkanes of at least 4 members (excludes halogenated alkanes) is 2. The van der Waals surface area contributed by atoms with Crippen LogP contribution in [0.4, 0.5) is 0 Å². The van der Waals surface area contributed by atoms with Crippen LogP contribution >= 0.6 is 0 Å². The Morgan fingerprint density at radius 2 is 1.12 bits per heavy atom. The summed E-state index contributed by atoms with van der Waals surface area (Å²) in [6, 6.07) is 0. The van der Waals surface area contributed by atoms with E-state index in [2.05, 4.69) is 39.2 Å². The molecule has 0 radical (unpaired) electrons. The van der Waals surface area contributed by atoms with Crippen LogP contribution in [0.3, 0.4) is 0 Å². The molecule has 0 saturated heterocycles. The standard InChI is InChI=1S/C14H34Ge2O/c1-7-11-13-16(6,14-12-8-2)17-15(5,9-3)10-4/h7-14H2,1-6H3. The third kappa shape index (κ3) is 7.27. The first-order valence-corrected chi connectivity index (χ1v) is 19.5. The number of rotatable bonds is 10. The van der Waals surface area contributed by atoms with Gasteiger partial charge in [0, 0.05) is 0 Å². The Hall–Kier alpha value is 1.05. The van der Waals surface area contributed by atoms with Crippen molar-refractivity contribution in [2.75, 3.05) is 0 Å². The molecule has 3 heteroatoms. The van der Waals surface area contributed by atoms with Gasteiger partial charge in [0.05, 0.1) is 0 Å². The first-order chi connectivity index (χ1) is 7.95. The van der Waals surface area contributed by atoms with Crippen molar-refractivity contribution >= 4 is 27.2 Å². The first-order valence-electron chi connectivity index (χ1n) is 7.65. The Labute approximate surface area is 115 Å². The number of hydrogen-bond donors (Lipinski definition) is 0. The summed E-state index contributed by atoms with van der Waals surface area (Å²) in [4.78, 5) is 0. The van der Waals surface area contributed by atoms with Gasteiger partial charge in [-0.1, -0.05) is 0 Å². The quantitative estimate of drug-likeness (QED) is 0.446. The predicted molar refractivity (Wildman–Crippen MR) is 84.7 cm³/mol. The third-order valence-corrected chi connectivity index (χ3v) is 29.1. The van der Waals surface area contributed by atoms with E-state index in [0.29, 0.717) is 0 Å². The fourth-order valence-corrected chi connectivity index (χ4v) is 30.4. The molecule has 0 amide bonds. The topological polar surface area (TPSA) is 9.23 Å². The maximum absolute atomic E-state index is 6.90. The maximum atomic E-state index is 6.90. The van der Waals surface area contributed by atoms with Gasteiger partial charge in [-0.3, -0.25) is 0 Å². The molecule has 1 nitrogen and oxygen atoms in total. The molecule has 17 heavy (non-hydrogen) atoms. The molecular weight excluding hydrogens is 329 g/mol. The van der Waals surface area contributed by atoms with Crippen molar-refractivity contribution in [2.45, 2.75) is 85.9 Å². The average Bonchev–Trinajstić information content (AvgIpc) is 2.34. The van der Waals surface area contributed by atoms with E-state index in [1.54, 1.807) is 0 Å². The van der Waals surface area contributed by atoms with Gasteiger partial charge >= 0.3 is 116 Å². The van der Waals surface area contributed by atoms with Gasteiger partial charge in [0.25, 0.3) is 0 Å². The minimum absolute atomic E-state index is 1.33. The van der Waals surface area contributed by atoms with E-state index >= 15 is 0 Å². The van der Waals surface area contributed by atoms with Crippen LogP contribution in [-0.4, -0.2) is 27.2 Å². The summed E-state index contributed by atoms with van der Waals surface area (Å²) in [6.45, 7) is 9.32. The van der Waals surface area contributed by atoms with E-state index in [-0.39, 0.29) is 0 Å². The summed E-state index contributed by atoms with van der Waals surface area (Å²) in [5, 5.41) is 5.57. The van der Waals surface area contributed by atoms with Crippen molar-refractivity contribution in [1.82, 2.24) is 0 Å². The molecule has 0 rings (SSSR count). The zero-order valence-corrected chi connectivity index (χ0v) is 17.3. The van der Waals surface area contributed by atoms with Crippen LogP contribution in [0, 0.1) is 0 Å². The van der Waals surface area contributed by atoms with Crippen molar-refractivity contribution in [3.63, 3.8) is 0 Å². The zero-order chi connectivity index (χ0) is 13.4. The van der Waals surface area contributed by atoms with E-state index < -0.39 is 27.2 Å². The molecular formula is C14H34Ge2O. The van der Waals surface area contributed by atoms with E-state index in [1.807, 2.05) is 0 Å². The van der Waals surface area contributed by atoms with Gasteiger partial charge in [-0.15, -0.1) is 0 Å². The van der Waals surface area contributed by atoms with Gasteiger partial charge in [-0.2, -0.15) is 0 Å². The van der Waals surface area contributed by atoms with E-state index in [4.69, 9.17) is 2.79 Å². The SMILES string of the molecule is CCC[CH2][Ge]([CH3])([CH2]CCC)[O][Ge]([CH3])([CH2]C)[CH2]C. The molecule has 0 aliphatic heterocycles. The minimum atomic E-state index is -1.93. The summed E-state index contributed by atoms with van der Waals surface area (Å²) >= 11 is -3.80. The number of hydrogen-bond acceptors (Lipinski definition) is 1. The fourth-order valence-electron chi connectivity index (χ4n) is 2.32. The summed E-state index contributed by atoms with van der Waals surface area (Å²) in [5.74, 6) is 5.06. The molecule has 0 bridgehead atoms. The Kier molecular flexibility index (Phi) is 9.59. The zero-order valence-electron chi connectivity index (χ0n) is 13.1. The second kappa shape index (κ2) is 9.03. The molecule has 0 atom stereocenters. The van der Waals surface area contributed by atoms with Crippen LogP contribution in [-0.2, 0) is 2.79 Å². The summed E-state index contributed by atoms with van der Waals surface area (Å²) in [7, 11) is 0. The summed E-state index contributed by atoms with van der Waals surface area (Å²) in [6.07, 6.45) is 5.45. The molecule has 0 N–H and O–H groups in total. The molecule has 0 aliphatic rings. The Balaban J connectivity index is 4.54. The molecule has 0 heterocycles. The molecule has 0 saturated carbocycles. The van der Waals surface area contributed by atoms with Crippen molar-refractivity contribution in [3.05, 3.63) is 0 Å². The molecule has 0 unspecified atom stereocenters. The van der Waals surface area contributed by atoms with E-state index in [1.165, 1.54) is 46.7 Å². The van der Waals surface area contributed by atoms with Crippen molar-refractivity contribution in [1.29, 1.82) is 0 Å². The molecule has 0 aliphatic carbocycles. The molecule has 0 aromatic heterocycles. The van der Waals surface area contributed by atoms with E-state index in [9.17, 15) is 0 Å². The predicted octanol–water partition coefficient (Wildman–Crippen LogP) is 5.79. The van der Waals surface area contributed by atoms with Crippen LogP contribution in [0.25, 0.3) is 0 Å². The van der Waals surface area contributed by atoms with Gasteiger partial charge in [0.2, 0.25) is 0 Å². The molecule has 0 aromatic carbocycles. The van der Waals surface area contributed by atoms with Gasteiger partial charge in [-0.25, -0.2) is 0 Å². The average molecular weight is 364 g/mol. The van der Waals surface area contributed by atoms with Gasteiger partial charge in [0.1, 0.15) is 0 Å². The van der Waals surface area contributed by atoms with Crippen LogP contribution in [0.15, 0.2) is 0 Å². The second-order valence-electron chi connectivity index (χ2n) is 5.92. The fraction of sp³-hybridized carbons (Fsp3) is 1.00. The Bertz CT molecular complexity index is 183. The molecule has 0 aromatic rings. The Morgan fingerprint density at radius 1 is 0.706 bits per heavy atom. The summed E-state index contributed by atoms with van der Waals surface area (Å²) in [5.41, 5.74) is 0. The van der Waals surface area contributed by atoms with Crippen LogP contribution < -0.4 is 0 Å². The van der Waals surface area contributed by atoms with Crippen LogP contribution in [0.5, 0.6) is 0 Å². The van der Waals surface area contributed by atoms with Crippen molar-refractivity contribution < 1.29 is 2.79 Å².